The SMILES string of the molecule is COC(=O)c1cc(OC(C)=O)c([N+](=O)[O-])cc1CBr. The van der Waals surface area contributed by atoms with E-state index in [1.54, 1.807) is 0 Å². The first-order valence-electron chi connectivity index (χ1n) is 5.04. The summed E-state index contributed by atoms with van der Waals surface area (Å²) in [6.07, 6.45) is 0. The van der Waals surface area contributed by atoms with Gasteiger partial charge in [0.15, 0.2) is 0 Å². The molecule has 1 rings (SSSR count). The number of ether oxygens (including phenoxy) is 2. The van der Waals surface area contributed by atoms with Crippen molar-refractivity contribution in [2.75, 3.05) is 7.11 Å². The summed E-state index contributed by atoms with van der Waals surface area (Å²) in [5, 5.41) is 11.1. The van der Waals surface area contributed by atoms with Crippen LogP contribution in [0.2, 0.25) is 0 Å². The largest absolute Gasteiger partial charge is 0.465 e. The second kappa shape index (κ2) is 6.28. The molecule has 0 bridgehead atoms. The molecule has 0 amide bonds. The number of methoxy groups -OCH3 is 1. The van der Waals surface area contributed by atoms with E-state index < -0.39 is 22.5 Å². The molecule has 0 aliphatic heterocycles. The van der Waals surface area contributed by atoms with Crippen LogP contribution in [0.5, 0.6) is 5.75 Å². The van der Waals surface area contributed by atoms with E-state index in [4.69, 9.17) is 4.74 Å². The highest BCUT2D eigenvalue weighted by Gasteiger charge is 2.23. The number of halogens is 1. The minimum Gasteiger partial charge on any atom is -0.465 e. The van der Waals surface area contributed by atoms with Crippen LogP contribution in [-0.2, 0) is 14.9 Å². The van der Waals surface area contributed by atoms with Crippen molar-refractivity contribution in [3.05, 3.63) is 33.4 Å². The van der Waals surface area contributed by atoms with Crippen LogP contribution >= 0.6 is 15.9 Å². The highest BCUT2D eigenvalue weighted by molar-refractivity contribution is 9.08. The molecule has 0 aliphatic carbocycles. The van der Waals surface area contributed by atoms with Crippen LogP contribution in [0.3, 0.4) is 0 Å². The molecule has 1 aromatic carbocycles. The number of esters is 2. The Labute approximate surface area is 116 Å². The quantitative estimate of drug-likeness (QED) is 0.276. The van der Waals surface area contributed by atoms with Gasteiger partial charge in [-0.15, -0.1) is 0 Å². The van der Waals surface area contributed by atoms with Gasteiger partial charge in [-0.3, -0.25) is 14.9 Å². The van der Waals surface area contributed by atoms with Crippen LogP contribution in [0.15, 0.2) is 12.1 Å². The number of hydrogen-bond acceptors (Lipinski definition) is 6. The lowest BCUT2D eigenvalue weighted by Gasteiger charge is -2.09. The van der Waals surface area contributed by atoms with Gasteiger partial charge < -0.3 is 9.47 Å². The molecule has 0 saturated heterocycles. The van der Waals surface area contributed by atoms with Gasteiger partial charge in [-0.2, -0.15) is 0 Å². The molecule has 0 spiro atoms. The molecule has 0 saturated carbocycles. The molecule has 7 nitrogen and oxygen atoms in total. The molecule has 0 aliphatic rings. The topological polar surface area (TPSA) is 95.7 Å². The average molecular weight is 332 g/mol. The summed E-state index contributed by atoms with van der Waals surface area (Å²) < 4.78 is 9.31. The molecule has 0 heterocycles. The predicted molar refractivity (Wildman–Crippen MR) is 68.4 cm³/mol. The highest BCUT2D eigenvalue weighted by atomic mass is 79.9. The monoisotopic (exact) mass is 331 g/mol. The molecule has 8 heteroatoms. The molecule has 0 N–H and O–H groups in total. The van der Waals surface area contributed by atoms with Crippen molar-refractivity contribution in [2.45, 2.75) is 12.3 Å². The second-order valence-electron chi connectivity index (χ2n) is 3.45. The molecule has 0 fully saturated rings. The summed E-state index contributed by atoms with van der Waals surface area (Å²) in [6.45, 7) is 1.11. The first kappa shape index (κ1) is 15.1. The van der Waals surface area contributed by atoms with Crippen LogP contribution < -0.4 is 4.74 Å². The number of carbonyl (C=O) groups is 2. The summed E-state index contributed by atoms with van der Waals surface area (Å²) >= 11 is 3.13. The van der Waals surface area contributed by atoms with E-state index in [1.807, 2.05) is 0 Å². The average Bonchev–Trinajstić information content (AvgIpc) is 2.36. The van der Waals surface area contributed by atoms with Crippen molar-refractivity contribution >= 4 is 33.6 Å². The fourth-order valence-electron chi connectivity index (χ4n) is 1.40. The van der Waals surface area contributed by atoms with E-state index in [-0.39, 0.29) is 16.6 Å². The molecular weight excluding hydrogens is 322 g/mol. The standard InChI is InChI=1S/C11H10BrNO6/c1-6(14)19-10-4-8(11(15)18-2)7(5-12)3-9(10)13(16)17/h3-4H,5H2,1-2H3. The lowest BCUT2D eigenvalue weighted by atomic mass is 10.1. The number of benzene rings is 1. The Morgan fingerprint density at radius 1 is 1.42 bits per heavy atom. The molecule has 0 radical (unpaired) electrons. The van der Waals surface area contributed by atoms with Gasteiger partial charge in [0.2, 0.25) is 5.75 Å². The van der Waals surface area contributed by atoms with Crippen LogP contribution in [0, 0.1) is 10.1 Å². The first-order valence-corrected chi connectivity index (χ1v) is 6.16. The minimum atomic E-state index is -0.717. The van der Waals surface area contributed by atoms with E-state index in [0.29, 0.717) is 5.56 Å². The lowest BCUT2D eigenvalue weighted by Crippen LogP contribution is -2.09. The maximum absolute atomic E-state index is 11.6. The Morgan fingerprint density at radius 2 is 2.05 bits per heavy atom. The number of rotatable bonds is 4. The number of nitro groups is 1. The summed E-state index contributed by atoms with van der Waals surface area (Å²) in [7, 11) is 1.19. The van der Waals surface area contributed by atoms with Crippen LogP contribution in [-0.4, -0.2) is 24.0 Å². The smallest absolute Gasteiger partial charge is 0.338 e. The number of nitrogens with zero attached hydrogens (tertiary/aromatic N) is 1. The van der Waals surface area contributed by atoms with Gasteiger partial charge in [-0.1, -0.05) is 15.9 Å². The van der Waals surface area contributed by atoms with E-state index >= 15 is 0 Å². The molecular formula is C11H10BrNO6. The Balaban J connectivity index is 3.46. The van der Waals surface area contributed by atoms with Gasteiger partial charge in [0.1, 0.15) is 0 Å². The van der Waals surface area contributed by atoms with E-state index in [9.17, 15) is 19.7 Å². The number of nitro benzene ring substituents is 1. The number of alkyl halides is 1. The van der Waals surface area contributed by atoms with Gasteiger partial charge in [-0.25, -0.2) is 4.79 Å². The van der Waals surface area contributed by atoms with E-state index in [2.05, 4.69) is 20.7 Å². The molecule has 0 unspecified atom stereocenters. The normalized spacial score (nSPS) is 9.84. The van der Waals surface area contributed by atoms with Crippen LogP contribution in [0.4, 0.5) is 5.69 Å². The van der Waals surface area contributed by atoms with Crippen molar-refractivity contribution in [2.24, 2.45) is 0 Å². The van der Waals surface area contributed by atoms with Crippen LogP contribution in [0.1, 0.15) is 22.8 Å². The summed E-state index contributed by atoms with van der Waals surface area (Å²) in [4.78, 5) is 32.7. The van der Waals surface area contributed by atoms with Gasteiger partial charge in [0, 0.05) is 24.4 Å². The fourth-order valence-corrected chi connectivity index (χ4v) is 1.87. The van der Waals surface area contributed by atoms with Crippen molar-refractivity contribution in [3.8, 4) is 5.75 Å². The fraction of sp³-hybridized carbons (Fsp3) is 0.273. The molecule has 0 atom stereocenters. The summed E-state index contributed by atoms with van der Waals surface area (Å²) in [5.41, 5.74) is 0.0768. The zero-order valence-electron chi connectivity index (χ0n) is 10.1. The summed E-state index contributed by atoms with van der Waals surface area (Å²) in [6, 6.07) is 2.29. The maximum Gasteiger partial charge on any atom is 0.338 e. The van der Waals surface area contributed by atoms with Crippen molar-refractivity contribution < 1.29 is 24.0 Å². The van der Waals surface area contributed by atoms with Crippen LogP contribution in [0.25, 0.3) is 0 Å². The van der Waals surface area contributed by atoms with E-state index in [1.165, 1.54) is 13.2 Å². The molecule has 102 valence electrons. The maximum atomic E-state index is 11.6. The van der Waals surface area contributed by atoms with Crippen molar-refractivity contribution in [1.82, 2.24) is 0 Å². The zero-order chi connectivity index (χ0) is 14.6. The Morgan fingerprint density at radius 3 is 2.47 bits per heavy atom. The third-order valence-electron chi connectivity index (χ3n) is 2.18. The Kier molecular flexibility index (Phi) is 4.99. The first-order chi connectivity index (χ1) is 8.90. The zero-order valence-corrected chi connectivity index (χ0v) is 11.7. The number of hydrogen-bond donors (Lipinski definition) is 0. The molecule has 1 aromatic rings. The third-order valence-corrected chi connectivity index (χ3v) is 2.79. The molecule has 0 aromatic heterocycles. The Bertz CT molecular complexity index is 542. The molecule has 19 heavy (non-hydrogen) atoms. The van der Waals surface area contributed by atoms with Gasteiger partial charge >= 0.3 is 17.6 Å². The van der Waals surface area contributed by atoms with Crippen molar-refractivity contribution in [3.63, 3.8) is 0 Å². The van der Waals surface area contributed by atoms with E-state index in [0.717, 1.165) is 13.0 Å². The highest BCUT2D eigenvalue weighted by Crippen LogP contribution is 2.32. The predicted octanol–water partition coefficient (Wildman–Crippen LogP) is 2.20. The lowest BCUT2D eigenvalue weighted by molar-refractivity contribution is -0.385. The van der Waals surface area contributed by atoms with Gasteiger partial charge in [-0.05, 0) is 5.56 Å². The Hall–Kier alpha value is -1.96. The summed E-state index contributed by atoms with van der Waals surface area (Å²) in [5.74, 6) is -1.68. The number of carbonyl (C=O) groups excluding carboxylic acids is 2. The second-order valence-corrected chi connectivity index (χ2v) is 4.01. The van der Waals surface area contributed by atoms with Gasteiger partial charge in [0.05, 0.1) is 17.6 Å². The van der Waals surface area contributed by atoms with Crippen molar-refractivity contribution in [1.29, 1.82) is 0 Å². The minimum absolute atomic E-state index is 0.0984. The third kappa shape index (κ3) is 3.50. The van der Waals surface area contributed by atoms with Gasteiger partial charge in [0.25, 0.3) is 0 Å².